The molecule has 0 saturated carbocycles. The van der Waals surface area contributed by atoms with Gasteiger partial charge in [-0.25, -0.2) is 4.79 Å². The largest absolute Gasteiger partial charge is 0.481 e. The number of carboxylic acids is 3. The van der Waals surface area contributed by atoms with Crippen LogP contribution in [0.1, 0.15) is 46.0 Å². The van der Waals surface area contributed by atoms with Crippen molar-refractivity contribution >= 4 is 41.6 Å². The van der Waals surface area contributed by atoms with E-state index < -0.39 is 72.6 Å². The number of hydrogen-bond acceptors (Lipinski definition) is 8. The van der Waals surface area contributed by atoms with Crippen molar-refractivity contribution in [2.75, 3.05) is 6.54 Å². The highest BCUT2D eigenvalue weighted by Crippen LogP contribution is 2.08. The summed E-state index contributed by atoms with van der Waals surface area (Å²) in [6.45, 7) is 3.59. The van der Waals surface area contributed by atoms with Gasteiger partial charge in [0.05, 0.1) is 18.9 Å². The van der Waals surface area contributed by atoms with E-state index in [0.717, 1.165) is 0 Å². The summed E-state index contributed by atoms with van der Waals surface area (Å²) in [7, 11) is 0. The number of guanidine groups is 1. The molecule has 0 spiro atoms. The highest BCUT2D eigenvalue weighted by molar-refractivity contribution is 5.95. The highest BCUT2D eigenvalue weighted by atomic mass is 16.4. The van der Waals surface area contributed by atoms with Gasteiger partial charge in [-0.3, -0.25) is 29.0 Å². The van der Waals surface area contributed by atoms with E-state index in [1.807, 2.05) is 0 Å². The van der Waals surface area contributed by atoms with E-state index >= 15 is 0 Å². The van der Waals surface area contributed by atoms with Gasteiger partial charge in [0, 0.05) is 6.54 Å². The number of hydrogen-bond donors (Lipinski definition) is 9. The minimum absolute atomic E-state index is 0.0609. The van der Waals surface area contributed by atoms with Crippen LogP contribution in [0.25, 0.3) is 0 Å². The van der Waals surface area contributed by atoms with Crippen LogP contribution in [0.2, 0.25) is 0 Å². The number of carbonyl (C=O) groups is 6. The molecule has 0 rings (SSSR count). The van der Waals surface area contributed by atoms with Crippen molar-refractivity contribution in [2.45, 2.75) is 70.1 Å². The quantitative estimate of drug-likeness (QED) is 0.0526. The third kappa shape index (κ3) is 13.7. The summed E-state index contributed by atoms with van der Waals surface area (Å²) in [5.74, 6) is -7.36. The van der Waals surface area contributed by atoms with Gasteiger partial charge < -0.3 is 48.5 Å². The molecular weight excluding hydrogens is 482 g/mol. The van der Waals surface area contributed by atoms with Crippen molar-refractivity contribution in [2.24, 2.45) is 28.1 Å². The number of carboxylic acid groups (broad SMARTS) is 3. The topological polar surface area (TPSA) is 290 Å². The molecule has 0 fully saturated rings. The minimum Gasteiger partial charge on any atom is -0.481 e. The van der Waals surface area contributed by atoms with Crippen LogP contribution < -0.4 is 33.2 Å². The first kappa shape index (κ1) is 32.0. The average molecular weight is 518 g/mol. The van der Waals surface area contributed by atoms with Crippen LogP contribution in [0.3, 0.4) is 0 Å². The Morgan fingerprint density at radius 2 is 1.28 bits per heavy atom. The second kappa shape index (κ2) is 15.9. The monoisotopic (exact) mass is 517 g/mol. The Morgan fingerprint density at radius 1 is 0.778 bits per heavy atom. The number of aliphatic imine (C=N–C) groups is 1. The molecule has 0 aromatic carbocycles. The van der Waals surface area contributed by atoms with E-state index in [4.69, 9.17) is 27.4 Å². The zero-order chi connectivity index (χ0) is 28.0. The first-order valence-electron chi connectivity index (χ1n) is 11.0. The van der Waals surface area contributed by atoms with Gasteiger partial charge >= 0.3 is 17.9 Å². The van der Waals surface area contributed by atoms with E-state index in [9.17, 15) is 33.9 Å². The summed E-state index contributed by atoms with van der Waals surface area (Å²) in [5.41, 5.74) is 16.1. The molecule has 0 aliphatic heterocycles. The van der Waals surface area contributed by atoms with Gasteiger partial charge in [-0.15, -0.1) is 0 Å². The third-order valence-electron chi connectivity index (χ3n) is 4.64. The molecule has 16 nitrogen and oxygen atoms in total. The number of aliphatic carboxylic acids is 3. The van der Waals surface area contributed by atoms with E-state index in [-0.39, 0.29) is 37.7 Å². The van der Waals surface area contributed by atoms with Gasteiger partial charge in [-0.2, -0.15) is 0 Å². The number of rotatable bonds is 17. The van der Waals surface area contributed by atoms with Crippen molar-refractivity contribution < 1.29 is 44.1 Å². The Hall–Kier alpha value is -3.95. The Bertz CT molecular complexity index is 843. The summed E-state index contributed by atoms with van der Waals surface area (Å²) in [6.07, 6.45) is -1.34. The summed E-state index contributed by atoms with van der Waals surface area (Å²) >= 11 is 0. The lowest BCUT2D eigenvalue weighted by atomic mass is 10.0. The average Bonchev–Trinajstić information content (AvgIpc) is 2.73. The van der Waals surface area contributed by atoms with Crippen molar-refractivity contribution in [1.29, 1.82) is 0 Å². The number of amides is 3. The normalized spacial score (nSPS) is 14.0. The molecule has 204 valence electrons. The van der Waals surface area contributed by atoms with E-state index in [2.05, 4.69) is 20.9 Å². The van der Waals surface area contributed by atoms with Crippen LogP contribution >= 0.6 is 0 Å². The highest BCUT2D eigenvalue weighted by Gasteiger charge is 2.31. The number of nitrogens with two attached hydrogens (primary N) is 3. The first-order chi connectivity index (χ1) is 16.6. The summed E-state index contributed by atoms with van der Waals surface area (Å²) < 4.78 is 0. The Kier molecular flexibility index (Phi) is 14.1. The lowest BCUT2D eigenvalue weighted by Crippen LogP contribution is -2.57. The van der Waals surface area contributed by atoms with Gasteiger partial charge in [-0.1, -0.05) is 13.8 Å². The fraction of sp³-hybridized carbons (Fsp3) is 0.650. The van der Waals surface area contributed by atoms with Gasteiger partial charge in [0.1, 0.15) is 18.1 Å². The third-order valence-corrected chi connectivity index (χ3v) is 4.64. The zero-order valence-corrected chi connectivity index (χ0v) is 20.1. The maximum Gasteiger partial charge on any atom is 0.326 e. The molecule has 12 N–H and O–H groups in total. The molecule has 0 bridgehead atoms. The maximum atomic E-state index is 13.0. The molecule has 4 atom stereocenters. The van der Waals surface area contributed by atoms with Crippen molar-refractivity contribution in [3.8, 4) is 0 Å². The van der Waals surface area contributed by atoms with E-state index in [1.165, 1.54) is 0 Å². The van der Waals surface area contributed by atoms with E-state index in [1.54, 1.807) is 13.8 Å². The van der Waals surface area contributed by atoms with Crippen molar-refractivity contribution in [1.82, 2.24) is 16.0 Å². The Balaban J connectivity index is 5.67. The Morgan fingerprint density at radius 3 is 1.75 bits per heavy atom. The maximum absolute atomic E-state index is 13.0. The summed E-state index contributed by atoms with van der Waals surface area (Å²) in [5, 5.41) is 33.8. The smallest absolute Gasteiger partial charge is 0.326 e. The molecule has 0 aromatic heterocycles. The minimum atomic E-state index is -1.76. The molecule has 0 saturated heterocycles. The summed E-state index contributed by atoms with van der Waals surface area (Å²) in [4.78, 5) is 74.8. The van der Waals surface area contributed by atoms with Gasteiger partial charge in [0.15, 0.2) is 5.96 Å². The van der Waals surface area contributed by atoms with Crippen LogP contribution in [0.5, 0.6) is 0 Å². The lowest BCUT2D eigenvalue weighted by molar-refractivity contribution is -0.147. The number of carbonyl (C=O) groups excluding carboxylic acids is 3. The van der Waals surface area contributed by atoms with Crippen LogP contribution in [0.15, 0.2) is 4.99 Å². The molecule has 16 heteroatoms. The van der Waals surface area contributed by atoms with Crippen molar-refractivity contribution in [3.63, 3.8) is 0 Å². The van der Waals surface area contributed by atoms with Crippen LogP contribution in [-0.4, -0.2) is 87.6 Å². The number of nitrogens with zero attached hydrogens (tertiary/aromatic N) is 1. The predicted molar refractivity (Wildman–Crippen MR) is 125 cm³/mol. The fourth-order valence-electron chi connectivity index (χ4n) is 2.95. The van der Waals surface area contributed by atoms with Gasteiger partial charge in [0.2, 0.25) is 17.7 Å². The second-order valence-corrected chi connectivity index (χ2v) is 8.40. The summed E-state index contributed by atoms with van der Waals surface area (Å²) in [6, 6.07) is -5.70. The zero-order valence-electron chi connectivity index (χ0n) is 20.1. The number of nitrogens with one attached hydrogen (secondary N) is 3. The molecule has 36 heavy (non-hydrogen) atoms. The Labute approximate surface area is 207 Å². The lowest BCUT2D eigenvalue weighted by Gasteiger charge is -2.25. The van der Waals surface area contributed by atoms with Crippen LogP contribution in [-0.2, 0) is 28.8 Å². The van der Waals surface area contributed by atoms with Crippen LogP contribution in [0.4, 0.5) is 0 Å². The van der Waals surface area contributed by atoms with Crippen LogP contribution in [0, 0.1) is 5.92 Å². The molecule has 0 aliphatic rings. The molecule has 0 aromatic rings. The predicted octanol–water partition coefficient (Wildman–Crippen LogP) is -3.10. The molecule has 4 unspecified atom stereocenters. The van der Waals surface area contributed by atoms with Gasteiger partial charge in [0.25, 0.3) is 0 Å². The standard InChI is InChI=1S/C20H35N7O9/c1-9(2)6-12(26-16(32)10(21)7-14(28)29)18(34)25-11(4-3-5-24-20(22)23)17(33)27-13(19(35)36)8-15(30)31/h9-13H,3-8,21H2,1-2H3,(H,25,34)(H,26,32)(H,27,33)(H,28,29)(H,30,31)(H,35,36)(H4,22,23,24). The first-order valence-corrected chi connectivity index (χ1v) is 11.0. The second-order valence-electron chi connectivity index (χ2n) is 8.40. The molecule has 0 heterocycles. The molecule has 3 amide bonds. The molecule has 0 radical (unpaired) electrons. The fourth-order valence-corrected chi connectivity index (χ4v) is 2.95. The SMILES string of the molecule is CC(C)CC(NC(=O)C(N)CC(=O)O)C(=O)NC(CCCN=C(N)N)C(=O)NC(CC(=O)O)C(=O)O. The molecular formula is C20H35N7O9. The van der Waals surface area contributed by atoms with Crippen molar-refractivity contribution in [3.05, 3.63) is 0 Å². The molecule has 0 aliphatic carbocycles. The van der Waals surface area contributed by atoms with Gasteiger partial charge in [-0.05, 0) is 25.2 Å². The van der Waals surface area contributed by atoms with E-state index in [0.29, 0.717) is 0 Å².